The van der Waals surface area contributed by atoms with Gasteiger partial charge in [-0.1, -0.05) is 96.3 Å². The van der Waals surface area contributed by atoms with Crippen molar-refractivity contribution in [3.05, 3.63) is 376 Å². The molecule has 1 fully saturated rings. The third-order valence-electron chi connectivity index (χ3n) is 19.0. The van der Waals surface area contributed by atoms with E-state index in [9.17, 15) is 76.9 Å². The number of carboxylic acids is 1. The Labute approximate surface area is 908 Å². The maximum atomic E-state index is 12.8. The number of non-ortho nitro benzene ring substituents is 2. The fourth-order valence-corrected chi connectivity index (χ4v) is 14.9. The summed E-state index contributed by atoms with van der Waals surface area (Å²) in [7, 11) is 13.2. The van der Waals surface area contributed by atoms with Crippen LogP contribution in [-0.4, -0.2) is 185 Å². The van der Waals surface area contributed by atoms with Crippen molar-refractivity contribution in [3.8, 4) is 0 Å². The molecule has 1 aliphatic rings. The Bertz CT molecular complexity index is 5970. The van der Waals surface area contributed by atoms with Crippen molar-refractivity contribution in [3.63, 3.8) is 0 Å². The van der Waals surface area contributed by atoms with Crippen LogP contribution in [0.5, 0.6) is 0 Å². The maximum absolute atomic E-state index is 12.8. The average molecular weight is 2500 g/mol. The van der Waals surface area contributed by atoms with E-state index in [0.29, 0.717) is 64.6 Å². The standard InChI is InChI=1S/C18H29BN2O5.C14H12BrFO.C14H10BrFO.C10H12BrNO2.C9H9BrN2O4.C9H11BrN2O2.C8H7BrO.C7H4BrNO4.C6H4F.C2H7NO.BrH.ClH.Mg/c1-16(2,3)24-15(23)20-10-12-9-14(22)21(8)11-13(12)19-25-17(4,5)18(6,7)26-19;2*1-9-2-7-12(13(15)8-9)14(17)10-3-5-11(16)6-4-10;1-7-4-5-8(9(11)6-7)10(13)12(2)14-3;1-11(16-2)9(13)7-4-3-6(12(14)15)5-8(7)10;1-12(14-2)9(13)7-4-3-6(11)5-8(7)10;1-6-2-3-7(5-10)8(9)4-6;8-6-3-4(9(12)13)1-2-5(6)7(10)11;7-6-4-2-1-3-5-6;1-3-4-2;;;/h9,11H,10H2,1-8H3,(H,20,23);2-8,14,17H,1H3;2-8H,1H3;4-6H,1-3H3;3-5H,1-2H3;3-5H,11H2,1-2H3;2-5H,1H3;1-3H,(H,10,11);2-5H;3H,1-2H3;2*1H;/q;;;;;;;;-1;;;;+2/p-1. The summed E-state index contributed by atoms with van der Waals surface area (Å²) in [6.07, 6.45) is 1.24. The Morgan fingerprint density at radius 1 is 0.567 bits per heavy atom. The summed E-state index contributed by atoms with van der Waals surface area (Å²) in [4.78, 5) is 130. The van der Waals surface area contributed by atoms with Crippen LogP contribution in [0.15, 0.2) is 249 Å². The number of anilines is 1. The molecule has 0 saturated carbocycles. The van der Waals surface area contributed by atoms with E-state index in [4.69, 9.17) is 39.4 Å². The van der Waals surface area contributed by atoms with Gasteiger partial charge in [0.2, 0.25) is 0 Å². The molecule has 1 unspecified atom stereocenters. The molecule has 44 heteroatoms. The van der Waals surface area contributed by atoms with Crippen molar-refractivity contribution < 1.29 is 117 Å². The first-order chi connectivity index (χ1) is 64.5. The normalized spacial score (nSPS) is 11.5. The fourth-order valence-electron chi connectivity index (χ4n) is 10.7. The quantitative estimate of drug-likeness (QED) is 0.0101. The van der Waals surface area contributed by atoms with E-state index in [1.807, 2.05) is 110 Å². The first-order valence-corrected chi connectivity index (χ1v) is 46.3. The van der Waals surface area contributed by atoms with E-state index in [0.717, 1.165) is 74.3 Å². The van der Waals surface area contributed by atoms with E-state index >= 15 is 0 Å². The third kappa shape index (κ3) is 44.8. The van der Waals surface area contributed by atoms with Crippen LogP contribution in [0.1, 0.15) is 161 Å². The van der Waals surface area contributed by atoms with Crippen LogP contribution in [0.3, 0.4) is 0 Å². The SMILES string of the molecule is CNOC.CON(C)C(=O)c1ccc(C)cc1Br.CON(C)C(=O)c1ccc(N)cc1Br.CON(C)C(=O)c1ccc([N+](=O)[O-])cc1Br.Cc1ccc(C(=O)c2ccc(F)cc2)c(Br)c1.Cc1ccc(C(O)c2ccc(F)cc2)c(Br)c1.Cc1ccc(C=O)c(Br)c1.Cl.Cn1cc(B2OC(C)(C)C(C)(C)O2)c(CNC(=O)OC(C)(C)C)cc1=O.Fc1cc[c-]cc1.O=C(O)c1ccc([N+](=O)[O-])cc1Br.[Br-].[Mg+2]. The number of nitrogen functional groups attached to an aromatic ring is 1. The number of carbonyl (C=O) groups is 7. The number of carboxylic acid groups (broad SMARTS) is 1. The van der Waals surface area contributed by atoms with E-state index < -0.39 is 51.9 Å². The number of ketones is 1. The molecule has 6 N–H and O–H groups in total. The number of ether oxygens (including phenoxy) is 1. The van der Waals surface area contributed by atoms with Crippen LogP contribution < -0.4 is 44.5 Å². The fraction of sp³-hybridized carbons (Fsp3) is 0.258. The summed E-state index contributed by atoms with van der Waals surface area (Å²) in [5, 5.41) is 45.6. The average Bonchev–Trinajstić information content (AvgIpc) is 1.61. The topological polar surface area (TPSA) is 393 Å². The number of aromatic nitrogens is 1. The Morgan fingerprint density at radius 3 is 1.30 bits per heavy atom. The second-order valence-electron chi connectivity index (χ2n) is 31.0. The van der Waals surface area contributed by atoms with E-state index in [-0.39, 0.29) is 127 Å². The smallest absolute Gasteiger partial charge is 1.00 e. The molecule has 1 atom stereocenters. The summed E-state index contributed by atoms with van der Waals surface area (Å²) in [5.41, 5.74) is 17.0. The summed E-state index contributed by atoms with van der Waals surface area (Å²) in [6.45, 7) is 21.3. The number of hydroxylamine groups is 7. The molecule has 0 spiro atoms. The van der Waals surface area contributed by atoms with Crippen molar-refractivity contribution in [1.29, 1.82) is 0 Å². The van der Waals surface area contributed by atoms with Gasteiger partial charge >= 0.3 is 42.2 Å². The Kier molecular flexibility index (Phi) is 60.2. The monoisotopic (exact) mass is 2490 g/mol. The number of nitro benzene ring substituents is 2. The number of nitrogens with two attached hydrogens (primary N) is 1. The molecule has 11 aromatic rings. The number of aliphatic hydroxyl groups is 1. The number of alkyl carbamates (subject to hydrolysis) is 1. The van der Waals surface area contributed by atoms with Gasteiger partial charge in [0, 0.05) is 143 Å². The number of hydrogen-bond donors (Lipinski definition) is 5. The third-order valence-corrected chi connectivity index (χ3v) is 23.7. The van der Waals surface area contributed by atoms with Gasteiger partial charge in [0.05, 0.1) is 71.7 Å². The van der Waals surface area contributed by atoms with Gasteiger partial charge in [-0.3, -0.25) is 63.5 Å². The predicted octanol–water partition coefficient (Wildman–Crippen LogP) is 18.9. The van der Waals surface area contributed by atoms with Gasteiger partial charge in [-0.15, -0.1) is 24.5 Å². The molecule has 1 saturated heterocycles. The Hall–Kier alpha value is -9.33. The van der Waals surface area contributed by atoms with Crippen molar-refractivity contribution in [2.24, 2.45) is 7.05 Å². The molecule has 141 heavy (non-hydrogen) atoms. The van der Waals surface area contributed by atoms with Gasteiger partial charge in [-0.25, -0.2) is 43.4 Å². The van der Waals surface area contributed by atoms with Crippen LogP contribution in [0.2, 0.25) is 0 Å². The maximum Gasteiger partial charge on any atom is 2.00 e. The van der Waals surface area contributed by atoms with Gasteiger partial charge in [-0.05, 0) is 282 Å². The van der Waals surface area contributed by atoms with E-state index in [1.54, 1.807) is 111 Å². The number of aldehydes is 1. The Balaban J connectivity index is 0.00000158. The van der Waals surface area contributed by atoms with Crippen LogP contribution in [0.25, 0.3) is 0 Å². The molecule has 30 nitrogen and oxygen atoms in total. The first-order valence-electron chi connectivity index (χ1n) is 40.7. The van der Waals surface area contributed by atoms with Crippen LogP contribution in [-0.2, 0) is 47.0 Å². The summed E-state index contributed by atoms with van der Waals surface area (Å²) in [5.74, 6) is -2.87. The zero-order chi connectivity index (χ0) is 105. The number of aliphatic hydroxyl groups excluding tert-OH is 1. The molecule has 0 aliphatic carbocycles. The van der Waals surface area contributed by atoms with E-state index in [2.05, 4.69) is 133 Å². The number of rotatable bonds is 18. The molecular weight excluding hydrogens is 2390 g/mol. The molecule has 12 rings (SSSR count). The molecule has 0 bridgehead atoms. The molecule has 4 amide bonds. The number of nitrogens with zero attached hydrogens (tertiary/aromatic N) is 6. The molecule has 1 aromatic heterocycles. The van der Waals surface area contributed by atoms with E-state index in [1.165, 1.54) is 129 Å². The molecule has 10 aromatic carbocycles. The number of benzene rings is 10. The van der Waals surface area contributed by atoms with Crippen molar-refractivity contribution >= 4 is 218 Å². The number of hydrogen-bond acceptors (Lipinski definition) is 22. The number of pyridine rings is 1. The Morgan fingerprint density at radius 2 is 0.936 bits per heavy atom. The summed E-state index contributed by atoms with van der Waals surface area (Å²) < 4.78 is 60.8. The van der Waals surface area contributed by atoms with Crippen LogP contribution in [0.4, 0.5) is 35.0 Å². The molecule has 0 radical (unpaired) electrons. The van der Waals surface area contributed by atoms with Gasteiger partial charge < -0.3 is 61.7 Å². The number of nitrogens with one attached hydrogen (secondary N) is 2. The predicted molar refractivity (Wildman–Crippen MR) is 560 cm³/mol. The zero-order valence-corrected chi connectivity index (χ0v) is 95.2. The number of amides is 4. The van der Waals surface area contributed by atoms with Gasteiger partial charge in [-0.2, -0.15) is 18.2 Å². The molecule has 2 heterocycles. The van der Waals surface area contributed by atoms with Gasteiger partial charge in [0.15, 0.2) is 12.1 Å². The summed E-state index contributed by atoms with van der Waals surface area (Å²) >= 11 is 22.7. The minimum absolute atomic E-state index is 0. The number of carbonyl (C=O) groups excluding carboxylic acids is 6. The second kappa shape index (κ2) is 64.4. The van der Waals surface area contributed by atoms with Crippen molar-refractivity contribution in [2.45, 2.75) is 106 Å². The molecule has 1 aliphatic heterocycles. The number of halogens is 12. The van der Waals surface area contributed by atoms with Gasteiger partial charge in [0.1, 0.15) is 23.3 Å². The summed E-state index contributed by atoms with van der Waals surface area (Å²) in [6, 6.07) is 56.3. The number of aromatic carboxylic acids is 1. The number of aryl methyl sites for hydroxylation is 5. The second-order valence-corrected chi connectivity index (χ2v) is 37.0. The minimum atomic E-state index is -1.12. The van der Waals surface area contributed by atoms with Crippen molar-refractivity contribution in [2.75, 3.05) is 62.4 Å². The molecule has 754 valence electrons. The first kappa shape index (κ1) is 132. The molecular formula is C97H106BBr8ClF3MgN9O21. The van der Waals surface area contributed by atoms with Crippen LogP contribution in [0, 0.1) is 71.4 Å². The van der Waals surface area contributed by atoms with Gasteiger partial charge in [0.25, 0.3) is 34.7 Å². The zero-order valence-electron chi connectivity index (χ0n) is 80.3. The number of nitro groups is 2. The van der Waals surface area contributed by atoms with Crippen molar-refractivity contribution in [1.82, 2.24) is 30.6 Å². The minimum Gasteiger partial charge on any atom is -1.00 e. The largest absolute Gasteiger partial charge is 2.00 e. The van der Waals surface area contributed by atoms with Crippen LogP contribution >= 0.6 is 124 Å².